The number of nitrogens with one attached hydrogen (secondary N) is 1. The number of hydrogen-bond acceptors (Lipinski definition) is 2. The largest absolute Gasteiger partial charge is 0.326 e. The lowest BCUT2D eigenvalue weighted by Gasteiger charge is -2.11. The van der Waals surface area contributed by atoms with Crippen molar-refractivity contribution >= 4 is 11.6 Å². The first-order chi connectivity index (χ1) is 10.2. The molecule has 1 aromatic rings. The zero-order valence-corrected chi connectivity index (χ0v) is 12.7. The predicted molar refractivity (Wildman–Crippen MR) is 86.9 cm³/mol. The third kappa shape index (κ3) is 4.91. The molecule has 112 valence electrons. The van der Waals surface area contributed by atoms with Gasteiger partial charge in [0.05, 0.1) is 6.54 Å². The van der Waals surface area contributed by atoms with E-state index in [1.165, 1.54) is 25.7 Å². The fourth-order valence-corrected chi connectivity index (χ4v) is 2.88. The summed E-state index contributed by atoms with van der Waals surface area (Å²) in [6.07, 6.45) is 6.89. The van der Waals surface area contributed by atoms with E-state index in [9.17, 15) is 4.79 Å². The molecule has 0 aliphatic heterocycles. The second-order valence-corrected chi connectivity index (χ2v) is 5.77. The Bertz CT molecular complexity index is 548. The Morgan fingerprint density at radius 1 is 1.38 bits per heavy atom. The number of hydrogen-bond donors (Lipinski definition) is 2. The van der Waals surface area contributed by atoms with Crippen molar-refractivity contribution in [3.05, 3.63) is 29.3 Å². The molecule has 0 heterocycles. The van der Waals surface area contributed by atoms with Gasteiger partial charge in [0.1, 0.15) is 0 Å². The van der Waals surface area contributed by atoms with Gasteiger partial charge in [0.2, 0.25) is 5.91 Å². The summed E-state index contributed by atoms with van der Waals surface area (Å²) in [5.41, 5.74) is 8.21. The molecule has 0 spiro atoms. The molecule has 1 aliphatic rings. The van der Waals surface area contributed by atoms with Crippen LogP contribution in [-0.4, -0.2) is 12.5 Å². The highest BCUT2D eigenvalue weighted by Gasteiger charge is 2.16. The SMILES string of the molecule is Cc1cc(C#CCN)ccc1NC(=O)CCC1CCCC1. The summed E-state index contributed by atoms with van der Waals surface area (Å²) in [5, 5.41) is 3.01. The third-order valence-corrected chi connectivity index (χ3v) is 4.09. The van der Waals surface area contributed by atoms with E-state index >= 15 is 0 Å². The molecule has 1 amide bonds. The molecular formula is C18H24N2O. The summed E-state index contributed by atoms with van der Waals surface area (Å²) in [5.74, 6) is 6.71. The molecule has 0 unspecified atom stereocenters. The van der Waals surface area contributed by atoms with Gasteiger partial charge < -0.3 is 11.1 Å². The summed E-state index contributed by atoms with van der Waals surface area (Å²) < 4.78 is 0. The maximum absolute atomic E-state index is 12.0. The molecule has 0 atom stereocenters. The Labute approximate surface area is 127 Å². The molecule has 1 aliphatic carbocycles. The average Bonchev–Trinajstić information content (AvgIpc) is 2.99. The summed E-state index contributed by atoms with van der Waals surface area (Å²) >= 11 is 0. The van der Waals surface area contributed by atoms with Gasteiger partial charge in [0.25, 0.3) is 0 Å². The minimum Gasteiger partial charge on any atom is -0.326 e. The van der Waals surface area contributed by atoms with Gasteiger partial charge in [-0.25, -0.2) is 0 Å². The number of nitrogens with two attached hydrogens (primary N) is 1. The van der Waals surface area contributed by atoms with Crippen LogP contribution in [0.3, 0.4) is 0 Å². The third-order valence-electron chi connectivity index (χ3n) is 4.09. The molecule has 2 rings (SSSR count). The van der Waals surface area contributed by atoms with Crippen LogP contribution in [0.5, 0.6) is 0 Å². The van der Waals surface area contributed by atoms with Crippen LogP contribution in [0.4, 0.5) is 5.69 Å². The van der Waals surface area contributed by atoms with Crippen LogP contribution in [-0.2, 0) is 4.79 Å². The quantitative estimate of drug-likeness (QED) is 0.834. The first-order valence-electron chi connectivity index (χ1n) is 7.78. The Balaban J connectivity index is 1.88. The normalized spacial score (nSPS) is 14.6. The average molecular weight is 284 g/mol. The van der Waals surface area contributed by atoms with Gasteiger partial charge in [-0.15, -0.1) is 0 Å². The van der Waals surface area contributed by atoms with Crippen LogP contribution in [0.15, 0.2) is 18.2 Å². The number of amides is 1. The highest BCUT2D eigenvalue weighted by Crippen LogP contribution is 2.28. The molecule has 0 radical (unpaired) electrons. The second kappa shape index (κ2) is 7.85. The molecule has 3 nitrogen and oxygen atoms in total. The van der Waals surface area contributed by atoms with Crippen LogP contribution in [0.1, 0.15) is 49.7 Å². The maximum Gasteiger partial charge on any atom is 0.224 e. The fourth-order valence-electron chi connectivity index (χ4n) is 2.88. The van der Waals surface area contributed by atoms with Crippen LogP contribution in [0, 0.1) is 24.7 Å². The van der Waals surface area contributed by atoms with Crippen molar-refractivity contribution in [1.82, 2.24) is 0 Å². The molecule has 0 bridgehead atoms. The topological polar surface area (TPSA) is 55.1 Å². The number of benzene rings is 1. The Morgan fingerprint density at radius 2 is 2.14 bits per heavy atom. The number of carbonyl (C=O) groups is 1. The van der Waals surface area contributed by atoms with E-state index in [0.717, 1.165) is 29.2 Å². The van der Waals surface area contributed by atoms with E-state index in [-0.39, 0.29) is 5.91 Å². The molecular weight excluding hydrogens is 260 g/mol. The molecule has 0 aromatic heterocycles. The van der Waals surface area contributed by atoms with Gasteiger partial charge in [0.15, 0.2) is 0 Å². The molecule has 1 aromatic carbocycles. The summed E-state index contributed by atoms with van der Waals surface area (Å²) in [6, 6.07) is 5.82. The second-order valence-electron chi connectivity index (χ2n) is 5.77. The van der Waals surface area contributed by atoms with Crippen molar-refractivity contribution in [2.75, 3.05) is 11.9 Å². The standard InChI is InChI=1S/C18H24N2O/c1-14-13-16(7-4-12-19)8-10-17(14)20-18(21)11-9-15-5-2-3-6-15/h8,10,13,15H,2-3,5-6,9,11-12,19H2,1H3,(H,20,21). The molecule has 21 heavy (non-hydrogen) atoms. The molecule has 1 saturated carbocycles. The van der Waals surface area contributed by atoms with Gasteiger partial charge in [0, 0.05) is 17.7 Å². The van der Waals surface area contributed by atoms with Crippen LogP contribution in [0.25, 0.3) is 0 Å². The molecule has 3 heteroatoms. The van der Waals surface area contributed by atoms with E-state index in [0.29, 0.717) is 13.0 Å². The smallest absolute Gasteiger partial charge is 0.224 e. The van der Waals surface area contributed by atoms with Crippen molar-refractivity contribution in [3.8, 4) is 11.8 Å². The monoisotopic (exact) mass is 284 g/mol. The maximum atomic E-state index is 12.0. The van der Waals surface area contributed by atoms with Crippen molar-refractivity contribution < 1.29 is 4.79 Å². The van der Waals surface area contributed by atoms with E-state index in [1.54, 1.807) is 0 Å². The van der Waals surface area contributed by atoms with Crippen LogP contribution >= 0.6 is 0 Å². The van der Waals surface area contributed by atoms with Crippen molar-refractivity contribution in [2.45, 2.75) is 45.4 Å². The Kier molecular flexibility index (Phi) is 5.83. The number of aryl methyl sites for hydroxylation is 1. The van der Waals surface area contributed by atoms with Gasteiger partial charge >= 0.3 is 0 Å². The lowest BCUT2D eigenvalue weighted by atomic mass is 10.0. The Morgan fingerprint density at radius 3 is 2.81 bits per heavy atom. The highest BCUT2D eigenvalue weighted by molar-refractivity contribution is 5.91. The van der Waals surface area contributed by atoms with Gasteiger partial charge in [-0.2, -0.15) is 0 Å². The molecule has 0 saturated heterocycles. The number of rotatable bonds is 4. The predicted octanol–water partition coefficient (Wildman–Crippen LogP) is 3.21. The molecule has 1 fully saturated rings. The van der Waals surface area contributed by atoms with E-state index in [4.69, 9.17) is 5.73 Å². The van der Waals surface area contributed by atoms with Crippen LogP contribution < -0.4 is 11.1 Å². The van der Waals surface area contributed by atoms with Gasteiger partial charge in [-0.05, 0) is 43.0 Å². The minimum atomic E-state index is 0.116. The fraction of sp³-hybridized carbons (Fsp3) is 0.500. The minimum absolute atomic E-state index is 0.116. The zero-order chi connectivity index (χ0) is 15.1. The number of anilines is 1. The van der Waals surface area contributed by atoms with E-state index in [2.05, 4.69) is 17.2 Å². The van der Waals surface area contributed by atoms with E-state index in [1.807, 2.05) is 25.1 Å². The van der Waals surface area contributed by atoms with Crippen molar-refractivity contribution in [2.24, 2.45) is 11.7 Å². The van der Waals surface area contributed by atoms with Gasteiger partial charge in [-0.3, -0.25) is 4.79 Å². The first-order valence-corrected chi connectivity index (χ1v) is 7.78. The van der Waals surface area contributed by atoms with Crippen molar-refractivity contribution in [1.29, 1.82) is 0 Å². The summed E-state index contributed by atoms with van der Waals surface area (Å²) in [7, 11) is 0. The Hall–Kier alpha value is -1.79. The zero-order valence-electron chi connectivity index (χ0n) is 12.7. The summed E-state index contributed by atoms with van der Waals surface area (Å²) in [6.45, 7) is 2.35. The number of carbonyl (C=O) groups excluding carboxylic acids is 1. The van der Waals surface area contributed by atoms with Crippen LogP contribution in [0.2, 0.25) is 0 Å². The lowest BCUT2D eigenvalue weighted by molar-refractivity contribution is -0.116. The summed E-state index contributed by atoms with van der Waals surface area (Å²) in [4.78, 5) is 12.0. The van der Waals surface area contributed by atoms with Crippen molar-refractivity contribution in [3.63, 3.8) is 0 Å². The lowest BCUT2D eigenvalue weighted by Crippen LogP contribution is -2.13. The highest BCUT2D eigenvalue weighted by atomic mass is 16.1. The molecule has 3 N–H and O–H groups in total. The van der Waals surface area contributed by atoms with Gasteiger partial charge in [-0.1, -0.05) is 37.5 Å². The van der Waals surface area contributed by atoms with E-state index < -0.39 is 0 Å². The first kappa shape index (κ1) is 15.6.